The lowest BCUT2D eigenvalue weighted by Crippen LogP contribution is -2.04. The Morgan fingerprint density at radius 2 is 2.00 bits per heavy atom. The molecule has 0 spiro atoms. The molecule has 0 aliphatic heterocycles. The van der Waals surface area contributed by atoms with Crippen molar-refractivity contribution in [3.8, 4) is 11.5 Å². The van der Waals surface area contributed by atoms with Gasteiger partial charge in [0.1, 0.15) is 11.5 Å². The molecule has 5 nitrogen and oxygen atoms in total. The summed E-state index contributed by atoms with van der Waals surface area (Å²) in [7, 11) is 0. The Morgan fingerprint density at radius 1 is 1.29 bits per heavy atom. The van der Waals surface area contributed by atoms with Gasteiger partial charge in [-0.3, -0.25) is 10.1 Å². The number of nitrogens with two attached hydrogens (primary N) is 1. The average molecular weight is 372 g/mol. The van der Waals surface area contributed by atoms with E-state index in [2.05, 4.69) is 15.9 Å². The van der Waals surface area contributed by atoms with E-state index in [9.17, 15) is 10.1 Å². The number of benzene rings is 2. The third kappa shape index (κ3) is 3.72. The van der Waals surface area contributed by atoms with Crippen LogP contribution in [0.5, 0.6) is 11.5 Å². The molecule has 0 aliphatic carbocycles. The first-order chi connectivity index (χ1) is 9.88. The first kappa shape index (κ1) is 15.8. The van der Waals surface area contributed by atoms with Gasteiger partial charge in [0.05, 0.1) is 20.5 Å². The number of nitro benzene ring substituents is 1. The molecular formula is C14H12BrClN2O3. The van der Waals surface area contributed by atoms with E-state index in [-0.39, 0.29) is 11.7 Å². The van der Waals surface area contributed by atoms with Crippen molar-refractivity contribution in [2.45, 2.75) is 13.0 Å². The second kappa shape index (κ2) is 6.43. The Hall–Kier alpha value is -1.63. The Bertz CT molecular complexity index is 692. The number of rotatable bonds is 4. The van der Waals surface area contributed by atoms with Crippen LogP contribution in [0.3, 0.4) is 0 Å². The van der Waals surface area contributed by atoms with E-state index in [0.29, 0.717) is 21.0 Å². The van der Waals surface area contributed by atoms with Gasteiger partial charge in [-0.2, -0.15) is 0 Å². The van der Waals surface area contributed by atoms with Gasteiger partial charge in [0.2, 0.25) is 0 Å². The van der Waals surface area contributed by atoms with Gasteiger partial charge in [-0.25, -0.2) is 0 Å². The number of hydrogen-bond acceptors (Lipinski definition) is 4. The molecule has 1 atom stereocenters. The van der Waals surface area contributed by atoms with Gasteiger partial charge in [0, 0.05) is 12.1 Å². The van der Waals surface area contributed by atoms with E-state index in [1.807, 2.05) is 6.92 Å². The quantitative estimate of drug-likeness (QED) is 0.617. The molecule has 0 aliphatic rings. The third-order valence-corrected chi connectivity index (χ3v) is 3.78. The van der Waals surface area contributed by atoms with Crippen LogP contribution in [0.4, 0.5) is 5.69 Å². The van der Waals surface area contributed by atoms with Gasteiger partial charge in [-0.05, 0) is 46.6 Å². The summed E-state index contributed by atoms with van der Waals surface area (Å²) >= 11 is 9.44. The molecule has 0 fully saturated rings. The second-order valence-corrected chi connectivity index (χ2v) is 5.71. The normalized spacial score (nSPS) is 12.0. The monoisotopic (exact) mass is 370 g/mol. The fourth-order valence-corrected chi connectivity index (χ4v) is 2.24. The molecule has 0 unspecified atom stereocenters. The molecule has 7 heteroatoms. The molecule has 0 amide bonds. The molecule has 0 radical (unpaired) electrons. The lowest BCUT2D eigenvalue weighted by molar-refractivity contribution is -0.384. The molecular weight excluding hydrogens is 360 g/mol. The van der Waals surface area contributed by atoms with Gasteiger partial charge in [0.25, 0.3) is 5.69 Å². The van der Waals surface area contributed by atoms with Gasteiger partial charge in [-0.15, -0.1) is 0 Å². The smallest absolute Gasteiger partial charge is 0.273 e. The SMILES string of the molecule is C[C@H](N)c1ccc(Oc2cc([N+](=O)[O-])ccc2Br)c(Cl)c1. The first-order valence-electron chi connectivity index (χ1n) is 6.05. The van der Waals surface area contributed by atoms with E-state index in [4.69, 9.17) is 22.1 Å². The van der Waals surface area contributed by atoms with E-state index in [1.165, 1.54) is 12.1 Å². The van der Waals surface area contributed by atoms with Crippen LogP contribution in [0.2, 0.25) is 5.02 Å². The van der Waals surface area contributed by atoms with Crippen LogP contribution in [0, 0.1) is 10.1 Å². The van der Waals surface area contributed by atoms with Crippen molar-refractivity contribution in [2.75, 3.05) is 0 Å². The molecule has 0 bridgehead atoms. The average Bonchev–Trinajstić information content (AvgIpc) is 2.42. The summed E-state index contributed by atoms with van der Waals surface area (Å²) < 4.78 is 6.24. The van der Waals surface area contributed by atoms with E-state index >= 15 is 0 Å². The molecule has 0 saturated carbocycles. The molecule has 110 valence electrons. The number of hydrogen-bond donors (Lipinski definition) is 1. The van der Waals surface area contributed by atoms with Crippen LogP contribution in [-0.4, -0.2) is 4.92 Å². The highest BCUT2D eigenvalue weighted by Crippen LogP contribution is 2.36. The molecule has 2 rings (SSSR count). The summed E-state index contributed by atoms with van der Waals surface area (Å²) in [6.45, 7) is 1.85. The molecule has 2 N–H and O–H groups in total. The molecule has 0 aromatic heterocycles. The lowest BCUT2D eigenvalue weighted by Gasteiger charge is -2.12. The van der Waals surface area contributed by atoms with Crippen molar-refractivity contribution in [1.82, 2.24) is 0 Å². The number of nitrogens with zero attached hydrogens (tertiary/aromatic N) is 1. The van der Waals surface area contributed by atoms with Gasteiger partial charge in [0.15, 0.2) is 0 Å². The Labute approximate surface area is 134 Å². The number of halogens is 2. The molecule has 0 heterocycles. The maximum Gasteiger partial charge on any atom is 0.273 e. The zero-order valence-corrected chi connectivity index (χ0v) is 13.4. The van der Waals surface area contributed by atoms with Crippen molar-refractivity contribution in [2.24, 2.45) is 5.73 Å². The minimum Gasteiger partial charge on any atom is -0.454 e. The Morgan fingerprint density at radius 3 is 2.57 bits per heavy atom. The minimum atomic E-state index is -0.486. The summed E-state index contributed by atoms with van der Waals surface area (Å²) in [6, 6.07) is 9.34. The fraction of sp³-hybridized carbons (Fsp3) is 0.143. The summed E-state index contributed by atoms with van der Waals surface area (Å²) in [4.78, 5) is 10.3. The van der Waals surface area contributed by atoms with Crippen LogP contribution in [0.15, 0.2) is 40.9 Å². The van der Waals surface area contributed by atoms with Crippen LogP contribution < -0.4 is 10.5 Å². The van der Waals surface area contributed by atoms with Gasteiger partial charge < -0.3 is 10.5 Å². The largest absolute Gasteiger partial charge is 0.454 e. The van der Waals surface area contributed by atoms with E-state index in [1.54, 1.807) is 24.3 Å². The van der Waals surface area contributed by atoms with E-state index < -0.39 is 4.92 Å². The second-order valence-electron chi connectivity index (χ2n) is 4.45. The van der Waals surface area contributed by atoms with Gasteiger partial charge in [-0.1, -0.05) is 17.7 Å². The van der Waals surface area contributed by atoms with Gasteiger partial charge >= 0.3 is 0 Å². The fourth-order valence-electron chi connectivity index (χ4n) is 1.69. The zero-order chi connectivity index (χ0) is 15.6. The topological polar surface area (TPSA) is 78.4 Å². The summed E-state index contributed by atoms with van der Waals surface area (Å²) in [6.07, 6.45) is 0. The summed E-state index contributed by atoms with van der Waals surface area (Å²) in [5.41, 5.74) is 6.60. The molecule has 0 saturated heterocycles. The highest BCUT2D eigenvalue weighted by Gasteiger charge is 2.13. The van der Waals surface area contributed by atoms with Crippen LogP contribution in [-0.2, 0) is 0 Å². The third-order valence-electron chi connectivity index (χ3n) is 2.83. The number of ether oxygens (including phenoxy) is 1. The Balaban J connectivity index is 2.34. The molecule has 21 heavy (non-hydrogen) atoms. The van der Waals surface area contributed by atoms with Crippen LogP contribution >= 0.6 is 27.5 Å². The summed E-state index contributed by atoms with van der Waals surface area (Å²) in [5, 5.41) is 11.2. The minimum absolute atomic E-state index is 0.0588. The predicted molar refractivity (Wildman–Crippen MR) is 84.9 cm³/mol. The highest BCUT2D eigenvalue weighted by atomic mass is 79.9. The van der Waals surface area contributed by atoms with Crippen molar-refractivity contribution >= 4 is 33.2 Å². The lowest BCUT2D eigenvalue weighted by atomic mass is 10.1. The van der Waals surface area contributed by atoms with Crippen molar-refractivity contribution in [3.63, 3.8) is 0 Å². The number of non-ortho nitro benzene ring substituents is 1. The standard InChI is InChI=1S/C14H12BrClN2O3/c1-8(17)9-2-5-13(12(16)6-9)21-14-7-10(18(19)20)3-4-11(14)15/h2-8H,17H2,1H3/t8-/m0/s1. The molecule has 2 aromatic rings. The predicted octanol–water partition coefficient (Wildman–Crippen LogP) is 4.82. The maximum absolute atomic E-state index is 10.8. The Kier molecular flexibility index (Phi) is 4.82. The van der Waals surface area contributed by atoms with Crippen LogP contribution in [0.25, 0.3) is 0 Å². The summed E-state index contributed by atoms with van der Waals surface area (Å²) in [5.74, 6) is 0.724. The highest BCUT2D eigenvalue weighted by molar-refractivity contribution is 9.10. The maximum atomic E-state index is 10.8. The van der Waals surface area contributed by atoms with Crippen molar-refractivity contribution in [1.29, 1.82) is 0 Å². The first-order valence-corrected chi connectivity index (χ1v) is 7.22. The van der Waals surface area contributed by atoms with Crippen molar-refractivity contribution < 1.29 is 9.66 Å². The van der Waals surface area contributed by atoms with Crippen molar-refractivity contribution in [3.05, 3.63) is 61.6 Å². The number of nitro groups is 1. The van der Waals surface area contributed by atoms with E-state index in [0.717, 1.165) is 5.56 Å². The molecule has 2 aromatic carbocycles. The van der Waals surface area contributed by atoms with Crippen LogP contribution in [0.1, 0.15) is 18.5 Å². The zero-order valence-electron chi connectivity index (χ0n) is 11.0.